The number of piperidine rings is 1. The van der Waals surface area contributed by atoms with Gasteiger partial charge in [-0.15, -0.1) is 0 Å². The lowest BCUT2D eigenvalue weighted by atomic mass is 9.90. The fraction of sp³-hybridized carbons (Fsp3) is 0.522. The van der Waals surface area contributed by atoms with Gasteiger partial charge in [0.15, 0.2) is 0 Å². The molecule has 0 atom stereocenters. The molecule has 1 fully saturated rings. The molecule has 0 spiro atoms. The minimum absolute atomic E-state index is 0.0296. The van der Waals surface area contributed by atoms with Crippen molar-refractivity contribution in [3.8, 4) is 0 Å². The molecule has 1 aromatic carbocycles. The lowest BCUT2D eigenvalue weighted by Gasteiger charge is -2.34. The highest BCUT2D eigenvalue weighted by molar-refractivity contribution is 6.06. The van der Waals surface area contributed by atoms with Gasteiger partial charge < -0.3 is 9.80 Å². The predicted molar refractivity (Wildman–Crippen MR) is 115 cm³/mol. The zero-order chi connectivity index (χ0) is 20.8. The average molecular weight is 397 g/mol. The summed E-state index contributed by atoms with van der Waals surface area (Å²) >= 11 is 0. The molecular weight excluding hydrogens is 364 g/mol. The lowest BCUT2D eigenvalue weighted by Crippen LogP contribution is -2.41. The second-order valence-corrected chi connectivity index (χ2v) is 7.70. The normalized spacial score (nSPS) is 15.0. The van der Waals surface area contributed by atoms with Crippen molar-refractivity contribution in [1.29, 1.82) is 0 Å². The Morgan fingerprint density at radius 3 is 2.38 bits per heavy atom. The summed E-state index contributed by atoms with van der Waals surface area (Å²) in [5, 5.41) is 7.26. The van der Waals surface area contributed by atoms with E-state index >= 15 is 0 Å². The summed E-state index contributed by atoms with van der Waals surface area (Å²) in [6.07, 6.45) is 5.13. The third kappa shape index (κ3) is 4.52. The first-order valence-corrected chi connectivity index (χ1v) is 10.8. The zero-order valence-corrected chi connectivity index (χ0v) is 17.7. The quantitative estimate of drug-likeness (QED) is 0.762. The molecule has 1 aromatic heterocycles. The maximum Gasteiger partial charge on any atom is 0.261 e. The Morgan fingerprint density at radius 1 is 1.14 bits per heavy atom. The molecule has 6 heteroatoms. The Morgan fingerprint density at radius 2 is 1.79 bits per heavy atom. The molecule has 29 heavy (non-hydrogen) atoms. The summed E-state index contributed by atoms with van der Waals surface area (Å²) in [4.78, 5) is 29.7. The number of nitrogens with zero attached hydrogens (tertiary/aromatic N) is 3. The Labute approximate surface area is 173 Å². The van der Waals surface area contributed by atoms with Gasteiger partial charge in [0.2, 0.25) is 5.91 Å². The summed E-state index contributed by atoms with van der Waals surface area (Å²) in [6, 6.07) is 9.72. The van der Waals surface area contributed by atoms with Crippen LogP contribution in [0.25, 0.3) is 0 Å². The minimum Gasteiger partial charge on any atom is -0.342 e. The van der Waals surface area contributed by atoms with Crippen LogP contribution in [0.3, 0.4) is 0 Å². The van der Waals surface area contributed by atoms with Crippen molar-refractivity contribution in [3.05, 3.63) is 47.8 Å². The largest absolute Gasteiger partial charge is 0.342 e. The number of amides is 2. The number of carbonyl (C=O) groups excluding carboxylic acids is 2. The molecule has 0 radical (unpaired) electrons. The first kappa shape index (κ1) is 21.1. The topological polar surface area (TPSA) is 69.3 Å². The van der Waals surface area contributed by atoms with Crippen molar-refractivity contribution in [2.45, 2.75) is 52.4 Å². The van der Waals surface area contributed by atoms with Crippen molar-refractivity contribution in [3.63, 3.8) is 0 Å². The molecule has 1 aliphatic heterocycles. The molecular formula is C23H32N4O2. The van der Waals surface area contributed by atoms with Crippen molar-refractivity contribution in [2.75, 3.05) is 24.5 Å². The van der Waals surface area contributed by atoms with Crippen LogP contribution in [0.2, 0.25) is 0 Å². The molecule has 0 saturated carbocycles. The molecule has 156 valence electrons. The van der Waals surface area contributed by atoms with E-state index in [-0.39, 0.29) is 23.7 Å². The van der Waals surface area contributed by atoms with E-state index in [1.165, 1.54) is 0 Å². The van der Waals surface area contributed by atoms with Crippen molar-refractivity contribution >= 4 is 17.5 Å². The molecule has 1 N–H and O–H groups in total. The van der Waals surface area contributed by atoms with Crippen LogP contribution >= 0.6 is 0 Å². The van der Waals surface area contributed by atoms with E-state index in [9.17, 15) is 9.59 Å². The number of aromatic nitrogens is 2. The summed E-state index contributed by atoms with van der Waals surface area (Å²) in [5.41, 5.74) is 2.43. The highest BCUT2D eigenvalue weighted by atomic mass is 16.2. The van der Waals surface area contributed by atoms with Gasteiger partial charge in [-0.1, -0.05) is 32.0 Å². The molecule has 2 amide bonds. The monoisotopic (exact) mass is 396 g/mol. The molecule has 3 rings (SSSR count). The van der Waals surface area contributed by atoms with Crippen LogP contribution < -0.4 is 4.90 Å². The number of H-pyrrole nitrogens is 1. The Balaban J connectivity index is 1.71. The second kappa shape index (κ2) is 9.72. The number of benzene rings is 1. The van der Waals surface area contributed by atoms with Gasteiger partial charge in [0.1, 0.15) is 0 Å². The predicted octanol–water partition coefficient (Wildman–Crippen LogP) is 4.22. The van der Waals surface area contributed by atoms with E-state index in [1.54, 1.807) is 11.1 Å². The molecule has 2 aromatic rings. The van der Waals surface area contributed by atoms with E-state index in [1.807, 2.05) is 42.2 Å². The SMILES string of the molecule is CCC(CC)C(=O)N1CCC(c2[nH]ncc2C(=O)N(CC)c2ccccc2)CC1. The smallest absolute Gasteiger partial charge is 0.261 e. The van der Waals surface area contributed by atoms with Gasteiger partial charge in [0.25, 0.3) is 5.91 Å². The van der Waals surface area contributed by atoms with E-state index in [2.05, 4.69) is 24.0 Å². The number of carbonyl (C=O) groups is 2. The van der Waals surface area contributed by atoms with E-state index in [4.69, 9.17) is 0 Å². The van der Waals surface area contributed by atoms with Crippen LogP contribution in [-0.2, 0) is 4.79 Å². The van der Waals surface area contributed by atoms with Gasteiger partial charge in [0, 0.05) is 37.2 Å². The maximum absolute atomic E-state index is 13.2. The minimum atomic E-state index is -0.0296. The number of likely N-dealkylation sites (tertiary alicyclic amines) is 1. The number of nitrogens with one attached hydrogen (secondary N) is 1. The van der Waals surface area contributed by atoms with Crippen molar-refractivity contribution in [1.82, 2.24) is 15.1 Å². The van der Waals surface area contributed by atoms with Gasteiger partial charge in [-0.25, -0.2) is 0 Å². The zero-order valence-electron chi connectivity index (χ0n) is 17.7. The number of aromatic amines is 1. The highest BCUT2D eigenvalue weighted by Gasteiger charge is 2.31. The summed E-state index contributed by atoms with van der Waals surface area (Å²) < 4.78 is 0. The summed E-state index contributed by atoms with van der Waals surface area (Å²) in [6.45, 7) is 8.20. The van der Waals surface area contributed by atoms with Crippen LogP contribution in [0.5, 0.6) is 0 Å². The summed E-state index contributed by atoms with van der Waals surface area (Å²) in [7, 11) is 0. The molecule has 0 aliphatic carbocycles. The van der Waals surface area contributed by atoms with Crippen LogP contribution in [0.1, 0.15) is 68.4 Å². The third-order valence-corrected chi connectivity index (χ3v) is 6.08. The standard InChI is InChI=1S/C23H32N4O2/c1-4-17(5-2)22(28)26-14-12-18(13-15-26)21-20(16-24-25-21)23(29)27(6-3)19-10-8-7-9-11-19/h7-11,16-18H,4-6,12-15H2,1-3H3,(H,24,25). The van der Waals surface area contributed by atoms with Crippen LogP contribution in [0.4, 0.5) is 5.69 Å². The molecule has 1 aliphatic rings. The fourth-order valence-corrected chi connectivity index (χ4v) is 4.26. The highest BCUT2D eigenvalue weighted by Crippen LogP contribution is 2.31. The number of para-hydroxylation sites is 1. The summed E-state index contributed by atoms with van der Waals surface area (Å²) in [5.74, 6) is 0.588. The van der Waals surface area contributed by atoms with Crippen LogP contribution in [0.15, 0.2) is 36.5 Å². The molecule has 6 nitrogen and oxygen atoms in total. The van der Waals surface area contributed by atoms with Crippen LogP contribution in [-0.4, -0.2) is 46.5 Å². The lowest BCUT2D eigenvalue weighted by molar-refractivity contribution is -0.136. The molecule has 2 heterocycles. The van der Waals surface area contributed by atoms with E-state index < -0.39 is 0 Å². The number of rotatable bonds is 7. The Bertz CT molecular complexity index is 805. The molecule has 0 bridgehead atoms. The Hall–Kier alpha value is -2.63. The Kier molecular flexibility index (Phi) is 7.07. The second-order valence-electron chi connectivity index (χ2n) is 7.70. The number of hydrogen-bond donors (Lipinski definition) is 1. The van der Waals surface area contributed by atoms with Gasteiger partial charge >= 0.3 is 0 Å². The first-order chi connectivity index (χ1) is 14.1. The number of hydrogen-bond acceptors (Lipinski definition) is 3. The number of anilines is 1. The van der Waals surface area contributed by atoms with Gasteiger partial charge in [-0.2, -0.15) is 5.10 Å². The van der Waals surface area contributed by atoms with E-state index in [0.29, 0.717) is 12.1 Å². The maximum atomic E-state index is 13.2. The van der Waals surface area contributed by atoms with Crippen molar-refractivity contribution < 1.29 is 9.59 Å². The average Bonchev–Trinajstić information content (AvgIpc) is 3.26. The van der Waals surface area contributed by atoms with E-state index in [0.717, 1.165) is 50.2 Å². The van der Waals surface area contributed by atoms with Gasteiger partial charge in [0.05, 0.1) is 17.5 Å². The fourth-order valence-electron chi connectivity index (χ4n) is 4.26. The van der Waals surface area contributed by atoms with Crippen LogP contribution in [0, 0.1) is 5.92 Å². The molecule has 0 unspecified atom stereocenters. The first-order valence-electron chi connectivity index (χ1n) is 10.8. The molecule has 1 saturated heterocycles. The van der Waals surface area contributed by atoms with Gasteiger partial charge in [-0.3, -0.25) is 14.7 Å². The van der Waals surface area contributed by atoms with Gasteiger partial charge in [-0.05, 0) is 44.7 Å². The van der Waals surface area contributed by atoms with Crippen molar-refractivity contribution in [2.24, 2.45) is 5.92 Å². The third-order valence-electron chi connectivity index (χ3n) is 6.08.